The maximum Gasteiger partial charge on any atom is 0.251 e. The van der Waals surface area contributed by atoms with Crippen LogP contribution >= 0.6 is 0 Å². The van der Waals surface area contributed by atoms with Crippen LogP contribution in [0.25, 0.3) is 0 Å². The van der Waals surface area contributed by atoms with Gasteiger partial charge in [0.1, 0.15) is 0 Å². The van der Waals surface area contributed by atoms with Gasteiger partial charge in [0, 0.05) is 24.8 Å². The number of hydrogen-bond donors (Lipinski definition) is 3. The van der Waals surface area contributed by atoms with E-state index < -0.39 is 0 Å². The molecule has 0 aromatic heterocycles. The number of carbonyl (C=O) groups excluding carboxylic acids is 2. The number of carbonyl (C=O) groups is 2. The molecular weight excluding hydrogens is 270 g/mol. The zero-order chi connectivity index (χ0) is 15.2. The first-order chi connectivity index (χ1) is 10.1. The molecule has 1 atom stereocenters. The number of hydrogen-bond acceptors (Lipinski definition) is 4. The Labute approximate surface area is 124 Å². The predicted molar refractivity (Wildman–Crippen MR) is 80.1 cm³/mol. The molecule has 2 rings (SSSR count). The number of aliphatic hydroxyl groups excluding tert-OH is 1. The van der Waals surface area contributed by atoms with E-state index in [2.05, 4.69) is 10.6 Å². The van der Waals surface area contributed by atoms with Crippen LogP contribution in [0.1, 0.15) is 23.2 Å². The number of likely N-dealkylation sites (tertiary alicyclic amines) is 1. The molecule has 1 fully saturated rings. The molecular formula is C15H21N3O3. The number of benzene rings is 1. The van der Waals surface area contributed by atoms with Gasteiger partial charge >= 0.3 is 0 Å². The SMILES string of the molecule is CNC(=O)c1ccc(NC(=O)CN2CCCC(O)C2)cc1. The molecule has 1 heterocycles. The van der Waals surface area contributed by atoms with Crippen LogP contribution in [0.15, 0.2) is 24.3 Å². The van der Waals surface area contributed by atoms with E-state index in [0.29, 0.717) is 17.8 Å². The monoisotopic (exact) mass is 291 g/mol. The van der Waals surface area contributed by atoms with Gasteiger partial charge in [0.25, 0.3) is 5.91 Å². The summed E-state index contributed by atoms with van der Waals surface area (Å²) >= 11 is 0. The molecule has 1 saturated heterocycles. The number of nitrogens with zero attached hydrogens (tertiary/aromatic N) is 1. The van der Waals surface area contributed by atoms with Crippen molar-refractivity contribution in [3.05, 3.63) is 29.8 Å². The summed E-state index contributed by atoms with van der Waals surface area (Å²) in [6.45, 7) is 1.65. The van der Waals surface area contributed by atoms with Crippen LogP contribution < -0.4 is 10.6 Å². The number of β-amino-alcohol motifs (C(OH)–C–C–N with tert-alkyl or cyclic N) is 1. The Bertz CT molecular complexity index is 501. The first kappa shape index (κ1) is 15.5. The molecule has 1 aromatic rings. The fraction of sp³-hybridized carbons (Fsp3) is 0.467. The van der Waals surface area contributed by atoms with Gasteiger partial charge in [0.2, 0.25) is 5.91 Å². The maximum atomic E-state index is 11.9. The van der Waals surface area contributed by atoms with Gasteiger partial charge in [0.15, 0.2) is 0 Å². The van der Waals surface area contributed by atoms with E-state index in [1.807, 2.05) is 4.90 Å². The van der Waals surface area contributed by atoms with Gasteiger partial charge in [-0.25, -0.2) is 0 Å². The van der Waals surface area contributed by atoms with Gasteiger partial charge < -0.3 is 15.7 Å². The van der Waals surface area contributed by atoms with E-state index in [0.717, 1.165) is 19.4 Å². The van der Waals surface area contributed by atoms with E-state index in [4.69, 9.17) is 0 Å². The van der Waals surface area contributed by atoms with Crippen LogP contribution in [0.4, 0.5) is 5.69 Å². The lowest BCUT2D eigenvalue weighted by Crippen LogP contribution is -2.42. The van der Waals surface area contributed by atoms with Crippen LogP contribution in [0.3, 0.4) is 0 Å². The number of piperidine rings is 1. The number of rotatable bonds is 4. The summed E-state index contributed by atoms with van der Waals surface area (Å²) < 4.78 is 0. The number of anilines is 1. The lowest BCUT2D eigenvalue weighted by Gasteiger charge is -2.29. The van der Waals surface area contributed by atoms with Crippen molar-refractivity contribution in [2.45, 2.75) is 18.9 Å². The van der Waals surface area contributed by atoms with Gasteiger partial charge in [-0.3, -0.25) is 14.5 Å². The highest BCUT2D eigenvalue weighted by Crippen LogP contribution is 2.12. The summed E-state index contributed by atoms with van der Waals surface area (Å²) in [4.78, 5) is 25.3. The smallest absolute Gasteiger partial charge is 0.251 e. The molecule has 1 aliphatic rings. The van der Waals surface area contributed by atoms with Crippen molar-refractivity contribution < 1.29 is 14.7 Å². The lowest BCUT2D eigenvalue weighted by molar-refractivity contribution is -0.118. The Morgan fingerprint density at radius 3 is 2.67 bits per heavy atom. The average Bonchev–Trinajstić information content (AvgIpc) is 2.47. The third kappa shape index (κ3) is 4.54. The highest BCUT2D eigenvalue weighted by Gasteiger charge is 2.19. The van der Waals surface area contributed by atoms with Crippen LogP contribution in [-0.4, -0.2) is 54.6 Å². The van der Waals surface area contributed by atoms with Gasteiger partial charge in [-0.05, 0) is 43.7 Å². The standard InChI is InChI=1S/C15H21N3O3/c1-16-15(21)11-4-6-12(7-5-11)17-14(20)10-18-8-2-3-13(19)9-18/h4-7,13,19H,2-3,8-10H2,1H3,(H,16,21)(H,17,20). The largest absolute Gasteiger partial charge is 0.392 e. The molecule has 3 N–H and O–H groups in total. The van der Waals surface area contributed by atoms with Crippen molar-refractivity contribution in [2.24, 2.45) is 0 Å². The lowest BCUT2D eigenvalue weighted by atomic mass is 10.1. The van der Waals surface area contributed by atoms with Gasteiger partial charge in [-0.15, -0.1) is 0 Å². The van der Waals surface area contributed by atoms with Crippen molar-refractivity contribution in [2.75, 3.05) is 32.0 Å². The second-order valence-corrected chi connectivity index (χ2v) is 5.24. The van der Waals surface area contributed by atoms with Crippen LogP contribution in [0, 0.1) is 0 Å². The predicted octanol–water partition coefficient (Wildman–Crippen LogP) is 0.441. The Kier molecular flexibility index (Phi) is 5.30. The molecule has 0 spiro atoms. The Balaban J connectivity index is 1.86. The number of aliphatic hydroxyl groups is 1. The van der Waals surface area contributed by atoms with E-state index in [1.165, 1.54) is 0 Å². The molecule has 2 amide bonds. The third-order valence-electron chi connectivity index (χ3n) is 3.51. The highest BCUT2D eigenvalue weighted by molar-refractivity contribution is 5.96. The van der Waals surface area contributed by atoms with Crippen molar-refractivity contribution in [1.82, 2.24) is 10.2 Å². The molecule has 21 heavy (non-hydrogen) atoms. The zero-order valence-corrected chi connectivity index (χ0v) is 12.1. The first-order valence-corrected chi connectivity index (χ1v) is 7.11. The minimum absolute atomic E-state index is 0.114. The highest BCUT2D eigenvalue weighted by atomic mass is 16.3. The summed E-state index contributed by atoms with van der Waals surface area (Å²) in [6, 6.07) is 6.74. The molecule has 1 aliphatic heterocycles. The Morgan fingerprint density at radius 1 is 1.33 bits per heavy atom. The molecule has 6 nitrogen and oxygen atoms in total. The first-order valence-electron chi connectivity index (χ1n) is 7.11. The van der Waals surface area contributed by atoms with Gasteiger partial charge in [-0.1, -0.05) is 0 Å². The van der Waals surface area contributed by atoms with E-state index in [9.17, 15) is 14.7 Å². The third-order valence-corrected chi connectivity index (χ3v) is 3.51. The molecule has 1 aromatic carbocycles. The van der Waals surface area contributed by atoms with Crippen LogP contribution in [-0.2, 0) is 4.79 Å². The van der Waals surface area contributed by atoms with Crippen LogP contribution in [0.5, 0.6) is 0 Å². The van der Waals surface area contributed by atoms with Crippen LogP contribution in [0.2, 0.25) is 0 Å². The van der Waals surface area contributed by atoms with Crippen molar-refractivity contribution >= 4 is 17.5 Å². The Morgan fingerprint density at radius 2 is 2.05 bits per heavy atom. The Hall–Kier alpha value is -1.92. The zero-order valence-electron chi connectivity index (χ0n) is 12.1. The summed E-state index contributed by atoms with van der Waals surface area (Å²) in [5.74, 6) is -0.271. The summed E-state index contributed by atoms with van der Waals surface area (Å²) in [5, 5.41) is 14.9. The summed E-state index contributed by atoms with van der Waals surface area (Å²) in [6.07, 6.45) is 1.38. The summed E-state index contributed by atoms with van der Waals surface area (Å²) in [5.41, 5.74) is 1.21. The molecule has 6 heteroatoms. The molecule has 114 valence electrons. The fourth-order valence-corrected chi connectivity index (χ4v) is 2.43. The molecule has 1 unspecified atom stereocenters. The normalized spacial score (nSPS) is 19.0. The second kappa shape index (κ2) is 7.19. The van der Waals surface area contributed by atoms with E-state index in [1.54, 1.807) is 31.3 Å². The van der Waals surface area contributed by atoms with Crippen molar-refractivity contribution in [1.29, 1.82) is 0 Å². The minimum Gasteiger partial charge on any atom is -0.392 e. The minimum atomic E-state index is -0.335. The average molecular weight is 291 g/mol. The second-order valence-electron chi connectivity index (χ2n) is 5.24. The quantitative estimate of drug-likeness (QED) is 0.752. The number of nitrogens with one attached hydrogen (secondary N) is 2. The van der Waals surface area contributed by atoms with E-state index in [-0.39, 0.29) is 24.5 Å². The molecule has 0 aliphatic carbocycles. The van der Waals surface area contributed by atoms with E-state index >= 15 is 0 Å². The number of amides is 2. The topological polar surface area (TPSA) is 81.7 Å². The molecule has 0 bridgehead atoms. The van der Waals surface area contributed by atoms with Gasteiger partial charge in [-0.2, -0.15) is 0 Å². The van der Waals surface area contributed by atoms with Gasteiger partial charge in [0.05, 0.1) is 12.6 Å². The molecule has 0 radical (unpaired) electrons. The fourth-order valence-electron chi connectivity index (χ4n) is 2.43. The van der Waals surface area contributed by atoms with Crippen molar-refractivity contribution in [3.63, 3.8) is 0 Å². The van der Waals surface area contributed by atoms with Crippen molar-refractivity contribution in [3.8, 4) is 0 Å². The molecule has 0 saturated carbocycles. The summed E-state index contributed by atoms with van der Waals surface area (Å²) in [7, 11) is 1.57. The maximum absolute atomic E-state index is 11.9.